The molecule has 3 aliphatic heterocycles. The molecule has 1 aromatic carbocycles. The second kappa shape index (κ2) is 12.6. The van der Waals surface area contributed by atoms with E-state index in [0.717, 1.165) is 37.3 Å². The number of thioether (sulfide) groups is 1. The van der Waals surface area contributed by atoms with E-state index in [1.165, 1.54) is 11.0 Å². The molecule has 45 heavy (non-hydrogen) atoms. The largest absolute Gasteiger partial charge is 0.416 e. The van der Waals surface area contributed by atoms with E-state index in [4.69, 9.17) is 9.72 Å². The summed E-state index contributed by atoms with van der Waals surface area (Å²) < 4.78 is 51.6. The van der Waals surface area contributed by atoms with Gasteiger partial charge in [0.25, 0.3) is 5.91 Å². The van der Waals surface area contributed by atoms with Crippen LogP contribution in [0.15, 0.2) is 30.6 Å². The number of anilines is 2. The Balaban J connectivity index is 1.40. The third-order valence-corrected chi connectivity index (χ3v) is 9.97. The van der Waals surface area contributed by atoms with Gasteiger partial charge in [-0.3, -0.25) is 14.6 Å². The zero-order valence-corrected chi connectivity index (χ0v) is 27.0. The lowest BCUT2D eigenvalue weighted by atomic mass is 9.75. The Morgan fingerprint density at radius 2 is 2.02 bits per heavy atom. The number of nitrogens with one attached hydrogen (secondary N) is 1. The standard InChI is InChI=1S/C32H40F3N7O2S/c1-5-36-27-11-22(31(17-44-18-31)13-29-39-37-19-40(29)3)12-28(38-27)42-15-24-23(30(42)43)9-21(10-25(24)32(33,34)35)26(16-45-4)41-8-6-7-20(2)14-41/h9-12,19-20,26H,5-8,13-18H2,1-4H3,(H,36,38)/t20-,26-/m0/s1. The summed E-state index contributed by atoms with van der Waals surface area (Å²) in [6.07, 6.45) is 1.68. The molecule has 13 heteroatoms. The van der Waals surface area contributed by atoms with Crippen LogP contribution < -0.4 is 10.2 Å². The molecule has 0 spiro atoms. The Morgan fingerprint density at radius 3 is 2.64 bits per heavy atom. The minimum atomic E-state index is -4.61. The molecule has 0 saturated carbocycles. The van der Waals surface area contributed by atoms with Gasteiger partial charge in [-0.2, -0.15) is 24.9 Å². The molecule has 3 aromatic rings. The van der Waals surface area contributed by atoms with E-state index in [1.807, 2.05) is 36.9 Å². The number of likely N-dealkylation sites (tertiary alicyclic amines) is 1. The Morgan fingerprint density at radius 1 is 1.22 bits per heavy atom. The zero-order valence-electron chi connectivity index (χ0n) is 26.2. The highest BCUT2D eigenvalue weighted by atomic mass is 32.2. The van der Waals surface area contributed by atoms with Crippen LogP contribution in [-0.4, -0.2) is 75.4 Å². The van der Waals surface area contributed by atoms with Crippen LogP contribution in [0.5, 0.6) is 0 Å². The number of piperidine rings is 1. The van der Waals surface area contributed by atoms with Crippen LogP contribution in [0.25, 0.3) is 0 Å². The molecule has 0 radical (unpaired) electrons. The summed E-state index contributed by atoms with van der Waals surface area (Å²) >= 11 is 1.61. The number of amides is 1. The van der Waals surface area contributed by atoms with Crippen molar-refractivity contribution in [1.82, 2.24) is 24.6 Å². The van der Waals surface area contributed by atoms with Gasteiger partial charge >= 0.3 is 6.18 Å². The van der Waals surface area contributed by atoms with E-state index < -0.39 is 23.1 Å². The van der Waals surface area contributed by atoms with Crippen molar-refractivity contribution < 1.29 is 22.7 Å². The Kier molecular flexibility index (Phi) is 8.88. The van der Waals surface area contributed by atoms with Crippen molar-refractivity contribution in [1.29, 1.82) is 0 Å². The van der Waals surface area contributed by atoms with E-state index in [2.05, 4.69) is 27.3 Å². The fourth-order valence-corrected chi connectivity index (χ4v) is 7.58. The van der Waals surface area contributed by atoms with Crippen LogP contribution in [0, 0.1) is 5.92 Å². The first-order valence-corrected chi connectivity index (χ1v) is 16.9. The topological polar surface area (TPSA) is 88.4 Å². The van der Waals surface area contributed by atoms with Crippen molar-refractivity contribution in [3.8, 4) is 0 Å². The van der Waals surface area contributed by atoms with Gasteiger partial charge in [0.15, 0.2) is 0 Å². The number of carbonyl (C=O) groups excluding carboxylic acids is 1. The first kappa shape index (κ1) is 31.8. The fraction of sp³-hybridized carbons (Fsp3) is 0.562. The summed E-state index contributed by atoms with van der Waals surface area (Å²) in [6, 6.07) is 6.54. The third-order valence-electron chi connectivity index (χ3n) is 9.32. The number of hydrogen-bond donors (Lipinski definition) is 1. The minimum absolute atomic E-state index is 0.00384. The Hall–Kier alpha value is -3.16. The Bertz CT molecular complexity index is 1560. The average molecular weight is 644 g/mol. The summed E-state index contributed by atoms with van der Waals surface area (Å²) in [6.45, 7) is 7.05. The van der Waals surface area contributed by atoms with Crippen molar-refractivity contribution in [2.24, 2.45) is 13.0 Å². The van der Waals surface area contributed by atoms with Crippen molar-refractivity contribution in [2.75, 3.05) is 55.1 Å². The van der Waals surface area contributed by atoms with E-state index >= 15 is 0 Å². The molecule has 2 saturated heterocycles. The number of halogens is 3. The highest BCUT2D eigenvalue weighted by molar-refractivity contribution is 7.98. The van der Waals surface area contributed by atoms with Gasteiger partial charge in [-0.25, -0.2) is 4.98 Å². The third kappa shape index (κ3) is 6.18. The average Bonchev–Trinajstić information content (AvgIpc) is 3.54. The summed E-state index contributed by atoms with van der Waals surface area (Å²) in [5.41, 5.74) is 0.370. The molecule has 0 bridgehead atoms. The van der Waals surface area contributed by atoms with E-state index in [9.17, 15) is 18.0 Å². The summed E-state index contributed by atoms with van der Waals surface area (Å²) in [5.74, 6) is 2.30. The molecule has 9 nitrogen and oxygen atoms in total. The minimum Gasteiger partial charge on any atom is -0.379 e. The van der Waals surface area contributed by atoms with E-state index in [0.29, 0.717) is 55.0 Å². The maximum atomic E-state index is 14.7. The van der Waals surface area contributed by atoms with Crippen molar-refractivity contribution in [3.63, 3.8) is 0 Å². The number of aryl methyl sites for hydroxylation is 1. The maximum absolute atomic E-state index is 14.7. The van der Waals surface area contributed by atoms with Gasteiger partial charge in [0.05, 0.1) is 25.3 Å². The summed E-state index contributed by atoms with van der Waals surface area (Å²) in [5, 5.41) is 11.5. The van der Waals surface area contributed by atoms with Crippen LogP contribution in [-0.2, 0) is 36.3 Å². The lowest BCUT2D eigenvalue weighted by molar-refractivity contribution is -0.138. The molecule has 6 rings (SSSR count). The van der Waals surface area contributed by atoms with Crippen LogP contribution in [0.2, 0.25) is 0 Å². The van der Waals surface area contributed by atoms with Crippen molar-refractivity contribution >= 4 is 29.3 Å². The van der Waals surface area contributed by atoms with Crippen molar-refractivity contribution in [3.05, 3.63) is 64.2 Å². The molecule has 0 unspecified atom stereocenters. The molecular formula is C32H40F3N7O2S. The van der Waals surface area contributed by atoms with Gasteiger partial charge in [-0.15, -0.1) is 10.2 Å². The molecule has 3 aliphatic rings. The number of rotatable bonds is 10. The van der Waals surface area contributed by atoms with E-state index in [1.54, 1.807) is 24.2 Å². The van der Waals surface area contributed by atoms with Gasteiger partial charge < -0.3 is 14.6 Å². The highest BCUT2D eigenvalue weighted by Gasteiger charge is 2.45. The fourth-order valence-electron chi connectivity index (χ4n) is 6.86. The molecule has 5 heterocycles. The molecular weight excluding hydrogens is 603 g/mol. The van der Waals surface area contributed by atoms with Gasteiger partial charge in [-0.1, -0.05) is 6.92 Å². The molecule has 2 fully saturated rings. The quantitative estimate of drug-likeness (QED) is 0.312. The molecule has 2 aromatic heterocycles. The summed E-state index contributed by atoms with van der Waals surface area (Å²) in [7, 11) is 1.88. The number of alkyl halides is 3. The predicted molar refractivity (Wildman–Crippen MR) is 169 cm³/mol. The molecule has 242 valence electrons. The summed E-state index contributed by atoms with van der Waals surface area (Å²) in [4.78, 5) is 22.5. The number of aromatic nitrogens is 4. The van der Waals surface area contributed by atoms with Crippen LogP contribution in [0.1, 0.15) is 71.2 Å². The predicted octanol–water partition coefficient (Wildman–Crippen LogP) is 5.47. The van der Waals surface area contributed by atoms with Gasteiger partial charge in [0.2, 0.25) is 0 Å². The number of pyridine rings is 1. The molecule has 2 atom stereocenters. The highest BCUT2D eigenvalue weighted by Crippen LogP contribution is 2.43. The molecule has 1 N–H and O–H groups in total. The van der Waals surface area contributed by atoms with Crippen LogP contribution in [0.3, 0.4) is 0 Å². The number of hydrogen-bond acceptors (Lipinski definition) is 8. The smallest absolute Gasteiger partial charge is 0.379 e. The van der Waals surface area contributed by atoms with E-state index in [-0.39, 0.29) is 23.7 Å². The first-order chi connectivity index (χ1) is 21.5. The van der Waals surface area contributed by atoms with Crippen LogP contribution in [0.4, 0.5) is 24.8 Å². The number of carbonyl (C=O) groups is 1. The zero-order chi connectivity index (χ0) is 31.9. The molecule has 1 amide bonds. The maximum Gasteiger partial charge on any atom is 0.416 e. The first-order valence-electron chi connectivity index (χ1n) is 15.5. The van der Waals surface area contributed by atoms with Gasteiger partial charge in [0.1, 0.15) is 23.8 Å². The van der Waals surface area contributed by atoms with Crippen molar-refractivity contribution in [2.45, 2.75) is 57.3 Å². The molecule has 0 aliphatic carbocycles. The number of benzene rings is 1. The van der Waals surface area contributed by atoms with Gasteiger partial charge in [-0.05, 0) is 79.4 Å². The number of nitrogens with zero attached hydrogens (tertiary/aromatic N) is 6. The second-order valence-corrected chi connectivity index (χ2v) is 13.5. The second-order valence-electron chi connectivity index (χ2n) is 12.6. The van der Waals surface area contributed by atoms with Crippen LogP contribution >= 0.6 is 11.8 Å². The SMILES string of the molecule is CCNc1cc(C2(Cc3nncn3C)COC2)cc(N2Cc3c(cc([C@H](CSC)N4CCC[C@H](C)C4)cc3C(F)(F)F)C2=O)n1. The number of fused-ring (bicyclic) bond motifs is 1. The Labute approximate surface area is 265 Å². The van der Waals surface area contributed by atoms with Gasteiger partial charge in [0, 0.05) is 49.3 Å². The normalized spacial score (nSPS) is 20.6. The lowest BCUT2D eigenvalue weighted by Crippen LogP contribution is -2.49. The number of ether oxygens (including phenoxy) is 1. The lowest BCUT2D eigenvalue weighted by Gasteiger charge is -2.42. The monoisotopic (exact) mass is 643 g/mol.